The molecule has 0 unspecified atom stereocenters. The van der Waals surface area contributed by atoms with Gasteiger partial charge in [-0.2, -0.15) is 11.3 Å². The van der Waals surface area contributed by atoms with Crippen molar-refractivity contribution in [3.8, 4) is 0 Å². The van der Waals surface area contributed by atoms with Gasteiger partial charge in [0.15, 0.2) is 0 Å². The molecule has 1 heterocycles. The molecule has 3 nitrogen and oxygen atoms in total. The summed E-state index contributed by atoms with van der Waals surface area (Å²) < 4.78 is 5.61. The number of carbonyl (C=O) groups is 1. The fourth-order valence-corrected chi connectivity index (χ4v) is 3.92. The quantitative estimate of drug-likeness (QED) is 0.548. The van der Waals surface area contributed by atoms with Gasteiger partial charge in [0.2, 0.25) is 0 Å². The number of halogens is 1. The smallest absolute Gasteiger partial charge is 0.340 e. The molecule has 0 amide bonds. The molecule has 3 rings (SSSR count). The van der Waals surface area contributed by atoms with Crippen molar-refractivity contribution < 1.29 is 9.53 Å². The summed E-state index contributed by atoms with van der Waals surface area (Å²) in [7, 11) is 0. The number of hydrogen-bond acceptors (Lipinski definition) is 4. The van der Waals surface area contributed by atoms with Gasteiger partial charge < -0.3 is 10.1 Å². The molecule has 2 aromatic rings. The lowest BCUT2D eigenvalue weighted by molar-refractivity contribution is 0.0211. The molecular formula is C18H18ClNO2S2. The Morgan fingerprint density at radius 3 is 2.75 bits per heavy atom. The van der Waals surface area contributed by atoms with Gasteiger partial charge in [-0.3, -0.25) is 0 Å². The average molecular weight is 380 g/mol. The molecule has 0 atom stereocenters. The number of ether oxygens (including phenoxy) is 1. The molecule has 1 N–H and O–H groups in total. The second-order valence-corrected chi connectivity index (χ2v) is 7.42. The minimum atomic E-state index is -0.364. The molecule has 126 valence electrons. The predicted molar refractivity (Wildman–Crippen MR) is 103 cm³/mol. The van der Waals surface area contributed by atoms with Crippen LogP contribution in [-0.4, -0.2) is 17.1 Å². The van der Waals surface area contributed by atoms with Crippen molar-refractivity contribution in [3.05, 3.63) is 51.2 Å². The van der Waals surface area contributed by atoms with Crippen LogP contribution in [0.15, 0.2) is 35.0 Å². The Balaban J connectivity index is 1.71. The third-order valence-corrected chi connectivity index (χ3v) is 5.40. The number of benzene rings is 1. The van der Waals surface area contributed by atoms with E-state index in [0.29, 0.717) is 15.6 Å². The fourth-order valence-electron chi connectivity index (χ4n) is 2.75. The van der Waals surface area contributed by atoms with Gasteiger partial charge in [0.25, 0.3) is 0 Å². The summed E-state index contributed by atoms with van der Waals surface area (Å²) in [6.45, 7) is 0. The van der Waals surface area contributed by atoms with E-state index in [9.17, 15) is 4.79 Å². The molecule has 0 bridgehead atoms. The van der Waals surface area contributed by atoms with Crippen molar-refractivity contribution in [2.24, 2.45) is 0 Å². The van der Waals surface area contributed by atoms with E-state index in [2.05, 4.69) is 5.32 Å². The van der Waals surface area contributed by atoms with Gasteiger partial charge in [-0.1, -0.05) is 30.2 Å². The summed E-state index contributed by atoms with van der Waals surface area (Å²) in [4.78, 5) is 13.1. The zero-order valence-corrected chi connectivity index (χ0v) is 15.5. The number of nitrogens with one attached hydrogen (secondary N) is 1. The van der Waals surface area contributed by atoms with Gasteiger partial charge in [0.05, 0.1) is 10.6 Å². The van der Waals surface area contributed by atoms with E-state index < -0.39 is 0 Å². The zero-order valence-electron chi connectivity index (χ0n) is 13.1. The zero-order chi connectivity index (χ0) is 16.9. The number of hydrogen-bond donors (Lipinski definition) is 1. The second-order valence-electron chi connectivity index (χ2n) is 5.83. The van der Waals surface area contributed by atoms with E-state index in [-0.39, 0.29) is 12.1 Å². The second kappa shape index (κ2) is 8.10. The Morgan fingerprint density at radius 1 is 1.25 bits per heavy atom. The van der Waals surface area contributed by atoms with Crippen LogP contribution in [0, 0.1) is 0 Å². The molecule has 24 heavy (non-hydrogen) atoms. The number of thiocarbonyl (C=S) groups is 1. The summed E-state index contributed by atoms with van der Waals surface area (Å²) in [6.07, 6.45) is 5.32. The highest BCUT2D eigenvalue weighted by molar-refractivity contribution is 7.81. The summed E-state index contributed by atoms with van der Waals surface area (Å²) in [6, 6.07) is 7.15. The first-order valence-electron chi connectivity index (χ1n) is 7.97. The van der Waals surface area contributed by atoms with E-state index in [4.69, 9.17) is 28.6 Å². The number of carbonyl (C=O) groups excluding carboxylic acids is 1. The Hall–Kier alpha value is -1.43. The normalized spacial score (nSPS) is 15.0. The number of esters is 1. The number of anilines is 1. The molecule has 0 spiro atoms. The summed E-state index contributed by atoms with van der Waals surface area (Å²) in [5, 5.41) is 7.48. The van der Waals surface area contributed by atoms with E-state index in [0.717, 1.165) is 36.9 Å². The van der Waals surface area contributed by atoms with Crippen LogP contribution in [0.3, 0.4) is 0 Å². The van der Waals surface area contributed by atoms with Crippen LogP contribution in [0.25, 0.3) is 0 Å². The van der Waals surface area contributed by atoms with Crippen LogP contribution in [0.2, 0.25) is 5.02 Å². The van der Waals surface area contributed by atoms with Crippen LogP contribution in [0.4, 0.5) is 5.69 Å². The van der Waals surface area contributed by atoms with Gasteiger partial charge >= 0.3 is 5.97 Å². The molecule has 0 radical (unpaired) electrons. The predicted octanol–water partition coefficient (Wildman–Crippen LogP) is 5.68. The molecule has 1 aliphatic rings. The summed E-state index contributed by atoms with van der Waals surface area (Å²) in [5.41, 5.74) is 2.06. The van der Waals surface area contributed by atoms with Gasteiger partial charge in [0.1, 0.15) is 11.1 Å². The Labute approximate surface area is 156 Å². The largest absolute Gasteiger partial charge is 0.459 e. The molecular weight excluding hydrogens is 362 g/mol. The van der Waals surface area contributed by atoms with Crippen molar-refractivity contribution in [1.82, 2.24) is 0 Å². The molecule has 1 saturated carbocycles. The molecule has 0 saturated heterocycles. The molecule has 1 fully saturated rings. The maximum absolute atomic E-state index is 12.4. The van der Waals surface area contributed by atoms with Crippen molar-refractivity contribution in [1.29, 1.82) is 0 Å². The number of thiophene rings is 1. The standard InChI is InChI=1S/C18H18ClNO2S2/c19-16-7-6-13(20-17(23)12-8-9-24-11-12)10-15(16)18(21)22-14-4-2-1-3-5-14/h6-11,14H,1-5H2,(H,20,23). The summed E-state index contributed by atoms with van der Waals surface area (Å²) in [5.74, 6) is -0.364. The van der Waals surface area contributed by atoms with Crippen LogP contribution in [-0.2, 0) is 4.74 Å². The van der Waals surface area contributed by atoms with Crippen molar-refractivity contribution >= 4 is 51.8 Å². The molecule has 0 aliphatic heterocycles. The topological polar surface area (TPSA) is 38.3 Å². The average Bonchev–Trinajstić information content (AvgIpc) is 3.12. The Kier molecular flexibility index (Phi) is 5.87. The first kappa shape index (κ1) is 17.4. The highest BCUT2D eigenvalue weighted by Gasteiger charge is 2.20. The molecule has 1 aliphatic carbocycles. The van der Waals surface area contributed by atoms with Crippen molar-refractivity contribution in [3.63, 3.8) is 0 Å². The van der Waals surface area contributed by atoms with E-state index in [1.807, 2.05) is 16.8 Å². The van der Waals surface area contributed by atoms with E-state index in [1.165, 1.54) is 6.42 Å². The maximum Gasteiger partial charge on any atom is 0.340 e. The third-order valence-electron chi connectivity index (χ3n) is 4.05. The SMILES string of the molecule is O=C(OC1CCCCC1)c1cc(NC(=S)c2ccsc2)ccc1Cl. The first-order valence-corrected chi connectivity index (χ1v) is 9.70. The number of rotatable bonds is 4. The fraction of sp³-hybridized carbons (Fsp3) is 0.333. The van der Waals surface area contributed by atoms with E-state index in [1.54, 1.807) is 29.5 Å². The van der Waals surface area contributed by atoms with Crippen LogP contribution < -0.4 is 5.32 Å². The molecule has 6 heteroatoms. The minimum Gasteiger partial charge on any atom is -0.459 e. The minimum absolute atomic E-state index is 0.00538. The molecule has 1 aromatic carbocycles. The monoisotopic (exact) mass is 379 g/mol. The van der Waals surface area contributed by atoms with Crippen LogP contribution in [0.5, 0.6) is 0 Å². The van der Waals surface area contributed by atoms with Crippen molar-refractivity contribution in [2.75, 3.05) is 5.32 Å². The molecule has 1 aromatic heterocycles. The summed E-state index contributed by atoms with van der Waals surface area (Å²) >= 11 is 13.1. The van der Waals surface area contributed by atoms with Gasteiger partial charge in [0, 0.05) is 16.6 Å². The third kappa shape index (κ3) is 4.35. The van der Waals surface area contributed by atoms with Gasteiger partial charge in [-0.05, 0) is 55.3 Å². The van der Waals surface area contributed by atoms with Crippen LogP contribution >= 0.6 is 35.2 Å². The lowest BCUT2D eigenvalue weighted by atomic mass is 9.98. The first-order chi connectivity index (χ1) is 11.6. The lowest BCUT2D eigenvalue weighted by Crippen LogP contribution is -2.21. The maximum atomic E-state index is 12.4. The lowest BCUT2D eigenvalue weighted by Gasteiger charge is -2.22. The van der Waals surface area contributed by atoms with Crippen LogP contribution in [0.1, 0.15) is 48.0 Å². The van der Waals surface area contributed by atoms with E-state index >= 15 is 0 Å². The highest BCUT2D eigenvalue weighted by atomic mass is 35.5. The highest BCUT2D eigenvalue weighted by Crippen LogP contribution is 2.26. The van der Waals surface area contributed by atoms with Gasteiger partial charge in [-0.15, -0.1) is 0 Å². The Morgan fingerprint density at radius 2 is 2.04 bits per heavy atom. The Bertz CT molecular complexity index is 725. The van der Waals surface area contributed by atoms with Gasteiger partial charge in [-0.25, -0.2) is 4.79 Å². The van der Waals surface area contributed by atoms with Crippen molar-refractivity contribution in [2.45, 2.75) is 38.2 Å².